The third kappa shape index (κ3) is 4.21. The molecule has 0 radical (unpaired) electrons. The minimum atomic E-state index is -0.738. The highest BCUT2D eigenvalue weighted by atomic mass is 19.1. The Morgan fingerprint density at radius 2 is 1.62 bits per heavy atom. The highest BCUT2D eigenvalue weighted by molar-refractivity contribution is 6.34. The quantitative estimate of drug-likeness (QED) is 0.692. The Kier molecular flexibility index (Phi) is 6.51. The topological polar surface area (TPSA) is 84.3 Å². The molecule has 0 unspecified atom stereocenters. The van der Waals surface area contributed by atoms with Crippen LogP contribution < -0.4 is 4.90 Å². The van der Waals surface area contributed by atoms with Crippen LogP contribution in [0.1, 0.15) is 0 Å². The molecule has 1 heterocycles. The van der Waals surface area contributed by atoms with E-state index < -0.39 is 11.8 Å². The first-order chi connectivity index (χ1) is 11.6. The summed E-state index contributed by atoms with van der Waals surface area (Å²) in [7, 11) is 0. The number of carbonyl (C=O) groups is 2. The van der Waals surface area contributed by atoms with Crippen LogP contribution in [0.4, 0.5) is 10.1 Å². The number of piperazine rings is 1. The molecule has 1 aromatic rings. The van der Waals surface area contributed by atoms with E-state index in [1.54, 1.807) is 18.2 Å². The van der Waals surface area contributed by atoms with Gasteiger partial charge < -0.3 is 24.9 Å². The van der Waals surface area contributed by atoms with Crippen LogP contribution in [-0.4, -0.2) is 84.3 Å². The Morgan fingerprint density at radius 1 is 1.04 bits per heavy atom. The highest BCUT2D eigenvalue weighted by Gasteiger charge is 2.29. The number of hydrogen-bond donors (Lipinski definition) is 2. The largest absolute Gasteiger partial charge is 0.395 e. The molecule has 1 saturated heterocycles. The summed E-state index contributed by atoms with van der Waals surface area (Å²) in [5.41, 5.74) is 0.484. The van der Waals surface area contributed by atoms with Crippen molar-refractivity contribution < 1.29 is 24.2 Å². The van der Waals surface area contributed by atoms with Gasteiger partial charge in [0, 0.05) is 39.3 Å². The van der Waals surface area contributed by atoms with Crippen molar-refractivity contribution in [1.29, 1.82) is 0 Å². The first kappa shape index (κ1) is 18.2. The van der Waals surface area contributed by atoms with Crippen molar-refractivity contribution in [3.63, 3.8) is 0 Å². The first-order valence-electron chi connectivity index (χ1n) is 7.88. The van der Waals surface area contributed by atoms with Crippen molar-refractivity contribution in [3.05, 3.63) is 30.1 Å². The average Bonchev–Trinajstić information content (AvgIpc) is 2.61. The maximum atomic E-state index is 13.8. The highest BCUT2D eigenvalue weighted by Crippen LogP contribution is 2.20. The molecule has 1 fully saturated rings. The molecule has 24 heavy (non-hydrogen) atoms. The monoisotopic (exact) mass is 339 g/mol. The number of nitrogens with zero attached hydrogens (tertiary/aromatic N) is 3. The molecular weight excluding hydrogens is 317 g/mol. The number of carbonyl (C=O) groups excluding carboxylic acids is 2. The molecule has 0 saturated carbocycles. The van der Waals surface area contributed by atoms with Gasteiger partial charge in [0.1, 0.15) is 5.82 Å². The predicted molar refractivity (Wildman–Crippen MR) is 85.9 cm³/mol. The van der Waals surface area contributed by atoms with E-state index in [1.165, 1.54) is 11.0 Å². The van der Waals surface area contributed by atoms with E-state index in [1.807, 2.05) is 4.90 Å². The normalized spacial score (nSPS) is 14.6. The van der Waals surface area contributed by atoms with Gasteiger partial charge in [0.2, 0.25) is 0 Å². The molecule has 7 nitrogen and oxygen atoms in total. The van der Waals surface area contributed by atoms with E-state index in [0.29, 0.717) is 31.9 Å². The number of aliphatic hydroxyl groups excluding tert-OH is 2. The van der Waals surface area contributed by atoms with Gasteiger partial charge in [0.25, 0.3) is 0 Å². The van der Waals surface area contributed by atoms with Crippen LogP contribution in [0.15, 0.2) is 24.3 Å². The van der Waals surface area contributed by atoms with Crippen molar-refractivity contribution >= 4 is 17.5 Å². The number of halogens is 1. The molecule has 1 aliphatic rings. The predicted octanol–water partition coefficient (Wildman–Crippen LogP) is -0.712. The Bertz CT molecular complexity index is 570. The van der Waals surface area contributed by atoms with Gasteiger partial charge in [0.05, 0.1) is 18.9 Å². The lowest BCUT2D eigenvalue weighted by atomic mass is 10.2. The van der Waals surface area contributed by atoms with Crippen molar-refractivity contribution in [2.24, 2.45) is 0 Å². The second kappa shape index (κ2) is 8.60. The summed E-state index contributed by atoms with van der Waals surface area (Å²) in [6, 6.07) is 6.44. The number of rotatable bonds is 5. The zero-order chi connectivity index (χ0) is 17.5. The minimum absolute atomic E-state index is 0.000322. The molecule has 0 aromatic heterocycles. The van der Waals surface area contributed by atoms with Crippen LogP contribution >= 0.6 is 0 Å². The van der Waals surface area contributed by atoms with E-state index in [4.69, 9.17) is 10.2 Å². The lowest BCUT2D eigenvalue weighted by Crippen LogP contribution is -2.54. The van der Waals surface area contributed by atoms with Crippen LogP contribution in [-0.2, 0) is 9.59 Å². The summed E-state index contributed by atoms with van der Waals surface area (Å²) < 4.78 is 13.8. The van der Waals surface area contributed by atoms with Gasteiger partial charge in [-0.05, 0) is 12.1 Å². The van der Waals surface area contributed by atoms with E-state index in [-0.39, 0.29) is 32.1 Å². The first-order valence-corrected chi connectivity index (χ1v) is 7.88. The SMILES string of the molecule is O=C(C(=O)N1CCN(c2ccccc2F)CC1)N(CCO)CCO. The summed E-state index contributed by atoms with van der Waals surface area (Å²) in [4.78, 5) is 28.8. The molecule has 1 aliphatic heterocycles. The van der Waals surface area contributed by atoms with Crippen LogP contribution in [0.5, 0.6) is 0 Å². The molecule has 132 valence electrons. The second-order valence-electron chi connectivity index (χ2n) is 5.47. The number of anilines is 1. The van der Waals surface area contributed by atoms with Gasteiger partial charge >= 0.3 is 11.8 Å². The summed E-state index contributed by atoms with van der Waals surface area (Å²) >= 11 is 0. The standard InChI is InChI=1S/C16H22FN3O4/c17-13-3-1-2-4-14(13)18-5-7-19(8-6-18)15(23)16(24)20(9-11-21)10-12-22/h1-4,21-22H,5-12H2. The number of benzene rings is 1. The minimum Gasteiger partial charge on any atom is -0.395 e. The zero-order valence-corrected chi connectivity index (χ0v) is 13.4. The summed E-state index contributed by atoms with van der Waals surface area (Å²) in [5.74, 6) is -1.71. The third-order valence-corrected chi connectivity index (χ3v) is 3.97. The maximum absolute atomic E-state index is 13.8. The second-order valence-corrected chi connectivity index (χ2v) is 5.47. The average molecular weight is 339 g/mol. The van der Waals surface area contributed by atoms with Gasteiger partial charge in [-0.3, -0.25) is 9.59 Å². The number of aliphatic hydroxyl groups is 2. The third-order valence-electron chi connectivity index (χ3n) is 3.97. The Balaban J connectivity index is 1.94. The Hall–Kier alpha value is -2.19. The summed E-state index contributed by atoms with van der Waals surface area (Å²) in [5, 5.41) is 17.9. The molecule has 1 aromatic carbocycles. The van der Waals surface area contributed by atoms with Gasteiger partial charge in [-0.1, -0.05) is 12.1 Å². The van der Waals surface area contributed by atoms with Gasteiger partial charge in [-0.25, -0.2) is 4.39 Å². The van der Waals surface area contributed by atoms with Crippen LogP contribution in [0.2, 0.25) is 0 Å². The van der Waals surface area contributed by atoms with Crippen LogP contribution in [0.3, 0.4) is 0 Å². The fraction of sp³-hybridized carbons (Fsp3) is 0.500. The van der Waals surface area contributed by atoms with E-state index >= 15 is 0 Å². The van der Waals surface area contributed by atoms with Gasteiger partial charge in [0.15, 0.2) is 0 Å². The molecule has 0 aliphatic carbocycles. The maximum Gasteiger partial charge on any atom is 0.312 e. The molecule has 0 bridgehead atoms. The number of para-hydroxylation sites is 1. The molecule has 0 atom stereocenters. The van der Waals surface area contributed by atoms with E-state index in [2.05, 4.69) is 0 Å². The van der Waals surface area contributed by atoms with E-state index in [0.717, 1.165) is 4.90 Å². The summed E-state index contributed by atoms with van der Waals surface area (Å²) in [6.07, 6.45) is 0. The lowest BCUT2D eigenvalue weighted by Gasteiger charge is -2.36. The van der Waals surface area contributed by atoms with Crippen molar-refractivity contribution in [2.75, 3.05) is 57.4 Å². The summed E-state index contributed by atoms with van der Waals surface area (Å²) in [6.45, 7) is 0.927. The Labute approximate surface area is 139 Å². The van der Waals surface area contributed by atoms with Crippen molar-refractivity contribution in [2.45, 2.75) is 0 Å². The zero-order valence-electron chi connectivity index (χ0n) is 13.4. The molecule has 0 spiro atoms. The lowest BCUT2D eigenvalue weighted by molar-refractivity contribution is -0.152. The molecule has 2 rings (SSSR count). The smallest absolute Gasteiger partial charge is 0.312 e. The van der Waals surface area contributed by atoms with Gasteiger partial charge in [-0.15, -0.1) is 0 Å². The van der Waals surface area contributed by atoms with Crippen molar-refractivity contribution in [1.82, 2.24) is 9.80 Å². The van der Waals surface area contributed by atoms with E-state index in [9.17, 15) is 14.0 Å². The Morgan fingerprint density at radius 3 is 2.17 bits per heavy atom. The number of amides is 2. The molecule has 2 N–H and O–H groups in total. The van der Waals surface area contributed by atoms with Crippen molar-refractivity contribution in [3.8, 4) is 0 Å². The fourth-order valence-electron chi connectivity index (χ4n) is 2.69. The van der Waals surface area contributed by atoms with Crippen LogP contribution in [0.25, 0.3) is 0 Å². The molecule has 8 heteroatoms. The molecular formula is C16H22FN3O4. The van der Waals surface area contributed by atoms with Crippen LogP contribution in [0, 0.1) is 5.82 Å². The van der Waals surface area contributed by atoms with Gasteiger partial charge in [-0.2, -0.15) is 0 Å². The number of hydrogen-bond acceptors (Lipinski definition) is 5. The fourth-order valence-corrected chi connectivity index (χ4v) is 2.69. The molecule has 2 amide bonds.